The summed E-state index contributed by atoms with van der Waals surface area (Å²) in [6, 6.07) is 3.76. The topological polar surface area (TPSA) is 54.5 Å². The molecule has 0 radical (unpaired) electrons. The lowest BCUT2D eigenvalue weighted by molar-refractivity contribution is -0.00280. The van der Waals surface area contributed by atoms with E-state index in [0.29, 0.717) is 25.3 Å². The van der Waals surface area contributed by atoms with E-state index in [1.807, 2.05) is 17.9 Å². The summed E-state index contributed by atoms with van der Waals surface area (Å²) in [4.78, 5) is 18.6. The molecule has 1 N–H and O–H groups in total. The number of hydrogen-bond acceptors (Lipinski definition) is 4. The van der Waals surface area contributed by atoms with Gasteiger partial charge in [-0.1, -0.05) is 6.92 Å². The van der Waals surface area contributed by atoms with Crippen molar-refractivity contribution in [1.82, 2.24) is 9.88 Å². The highest BCUT2D eigenvalue weighted by atomic mass is 16.5. The van der Waals surface area contributed by atoms with Crippen molar-refractivity contribution in [1.29, 1.82) is 0 Å². The van der Waals surface area contributed by atoms with Crippen LogP contribution in [0.15, 0.2) is 18.3 Å². The van der Waals surface area contributed by atoms with Crippen LogP contribution in [0.5, 0.6) is 0 Å². The first-order valence-corrected chi connectivity index (χ1v) is 6.84. The van der Waals surface area contributed by atoms with Gasteiger partial charge in [-0.05, 0) is 25.5 Å². The van der Waals surface area contributed by atoms with Crippen molar-refractivity contribution in [2.24, 2.45) is 0 Å². The Morgan fingerprint density at radius 2 is 2.42 bits per heavy atom. The van der Waals surface area contributed by atoms with Gasteiger partial charge >= 0.3 is 0 Å². The Morgan fingerprint density at radius 1 is 1.58 bits per heavy atom. The fourth-order valence-electron chi connectivity index (χ4n) is 2.27. The average molecular weight is 263 g/mol. The van der Waals surface area contributed by atoms with Crippen LogP contribution >= 0.6 is 0 Å². The quantitative estimate of drug-likeness (QED) is 0.899. The number of amides is 1. The number of morpholine rings is 1. The third-order valence-corrected chi connectivity index (χ3v) is 3.32. The van der Waals surface area contributed by atoms with Crippen LogP contribution < -0.4 is 5.32 Å². The molecule has 1 saturated heterocycles. The second-order valence-corrected chi connectivity index (χ2v) is 4.60. The van der Waals surface area contributed by atoms with E-state index in [9.17, 15) is 4.79 Å². The molecule has 1 aliphatic rings. The molecule has 2 rings (SSSR count). The highest BCUT2D eigenvalue weighted by molar-refractivity contribution is 5.95. The molecule has 2 heterocycles. The van der Waals surface area contributed by atoms with Gasteiger partial charge in [0.2, 0.25) is 0 Å². The molecule has 5 nitrogen and oxygen atoms in total. The minimum Gasteiger partial charge on any atom is -0.377 e. The van der Waals surface area contributed by atoms with Gasteiger partial charge in [0.25, 0.3) is 5.91 Å². The van der Waals surface area contributed by atoms with Gasteiger partial charge in [0.15, 0.2) is 0 Å². The zero-order chi connectivity index (χ0) is 13.7. The molecule has 1 aliphatic heterocycles. The predicted molar refractivity (Wildman–Crippen MR) is 74.3 cm³/mol. The van der Waals surface area contributed by atoms with Gasteiger partial charge in [0, 0.05) is 24.8 Å². The van der Waals surface area contributed by atoms with Gasteiger partial charge in [-0.25, -0.2) is 4.98 Å². The summed E-state index contributed by atoms with van der Waals surface area (Å²) in [6.45, 7) is 6.79. The lowest BCUT2D eigenvalue weighted by Gasteiger charge is -2.35. The third-order valence-electron chi connectivity index (χ3n) is 3.32. The summed E-state index contributed by atoms with van der Waals surface area (Å²) in [5.74, 6) is 0.811. The third kappa shape index (κ3) is 3.23. The molecule has 1 unspecified atom stereocenters. The number of carbonyl (C=O) groups is 1. The van der Waals surface area contributed by atoms with Crippen molar-refractivity contribution >= 4 is 11.7 Å². The minimum absolute atomic E-state index is 0.0664. The van der Waals surface area contributed by atoms with Crippen LogP contribution in [0.4, 0.5) is 5.82 Å². The fourth-order valence-corrected chi connectivity index (χ4v) is 2.27. The van der Waals surface area contributed by atoms with E-state index in [1.54, 1.807) is 12.3 Å². The Hall–Kier alpha value is -1.62. The van der Waals surface area contributed by atoms with Gasteiger partial charge in [-0.15, -0.1) is 0 Å². The standard InChI is InChI=1S/C14H21N3O2/c1-3-12-10-19-8-7-17(12)14(18)11-5-6-16-13(9-11)15-4-2/h5-6,9,12H,3-4,7-8,10H2,1-2H3,(H,15,16). The Bertz CT molecular complexity index is 436. The summed E-state index contributed by atoms with van der Waals surface area (Å²) >= 11 is 0. The van der Waals surface area contributed by atoms with Gasteiger partial charge in [0.05, 0.1) is 19.3 Å². The van der Waals surface area contributed by atoms with E-state index in [2.05, 4.69) is 17.2 Å². The summed E-state index contributed by atoms with van der Waals surface area (Å²) in [6.07, 6.45) is 2.59. The number of ether oxygens (including phenoxy) is 1. The number of carbonyl (C=O) groups excluding carboxylic acids is 1. The van der Waals surface area contributed by atoms with Crippen LogP contribution in [0.25, 0.3) is 0 Å². The van der Waals surface area contributed by atoms with Crippen molar-refractivity contribution in [2.45, 2.75) is 26.3 Å². The van der Waals surface area contributed by atoms with Crippen molar-refractivity contribution in [3.8, 4) is 0 Å². The Morgan fingerprint density at radius 3 is 3.16 bits per heavy atom. The first kappa shape index (κ1) is 13.8. The molecule has 19 heavy (non-hydrogen) atoms. The van der Waals surface area contributed by atoms with Crippen molar-refractivity contribution in [2.75, 3.05) is 31.6 Å². The molecular weight excluding hydrogens is 242 g/mol. The van der Waals surface area contributed by atoms with Crippen molar-refractivity contribution in [3.63, 3.8) is 0 Å². The first-order valence-electron chi connectivity index (χ1n) is 6.84. The molecule has 1 aromatic rings. The lowest BCUT2D eigenvalue weighted by atomic mass is 10.1. The summed E-state index contributed by atoms with van der Waals surface area (Å²) in [5.41, 5.74) is 0.686. The highest BCUT2D eigenvalue weighted by Crippen LogP contribution is 2.16. The zero-order valence-corrected chi connectivity index (χ0v) is 11.6. The number of aromatic nitrogens is 1. The number of nitrogens with one attached hydrogen (secondary N) is 1. The molecule has 0 spiro atoms. The normalized spacial score (nSPS) is 19.3. The van der Waals surface area contributed by atoms with Crippen molar-refractivity contribution < 1.29 is 9.53 Å². The van der Waals surface area contributed by atoms with Crippen LogP contribution in [0, 0.1) is 0 Å². The Labute approximate surface area is 114 Å². The molecule has 0 aromatic carbocycles. The van der Waals surface area contributed by atoms with E-state index in [4.69, 9.17) is 4.74 Å². The van der Waals surface area contributed by atoms with E-state index in [0.717, 1.165) is 18.8 Å². The second-order valence-electron chi connectivity index (χ2n) is 4.60. The van der Waals surface area contributed by atoms with E-state index in [1.165, 1.54) is 0 Å². The van der Waals surface area contributed by atoms with E-state index < -0.39 is 0 Å². The van der Waals surface area contributed by atoms with Crippen LogP contribution in [0.3, 0.4) is 0 Å². The smallest absolute Gasteiger partial charge is 0.254 e. The number of nitrogens with zero attached hydrogens (tertiary/aromatic N) is 2. The van der Waals surface area contributed by atoms with Crippen LogP contribution in [-0.4, -0.2) is 48.1 Å². The van der Waals surface area contributed by atoms with Crippen LogP contribution in [0.2, 0.25) is 0 Å². The average Bonchev–Trinajstić information content (AvgIpc) is 2.47. The lowest BCUT2D eigenvalue weighted by Crippen LogP contribution is -2.48. The van der Waals surface area contributed by atoms with E-state index >= 15 is 0 Å². The molecule has 1 aromatic heterocycles. The maximum Gasteiger partial charge on any atom is 0.254 e. The van der Waals surface area contributed by atoms with Crippen LogP contribution in [-0.2, 0) is 4.74 Å². The maximum atomic E-state index is 12.5. The molecule has 0 aliphatic carbocycles. The second kappa shape index (κ2) is 6.52. The van der Waals surface area contributed by atoms with E-state index in [-0.39, 0.29) is 11.9 Å². The number of rotatable bonds is 4. The monoisotopic (exact) mass is 263 g/mol. The number of anilines is 1. The minimum atomic E-state index is 0.0664. The molecule has 0 bridgehead atoms. The molecule has 104 valence electrons. The molecule has 1 amide bonds. The SMILES string of the molecule is CCNc1cc(C(=O)N2CCOCC2CC)ccn1. The van der Waals surface area contributed by atoms with Gasteiger partial charge in [-0.2, -0.15) is 0 Å². The van der Waals surface area contributed by atoms with Crippen molar-refractivity contribution in [3.05, 3.63) is 23.9 Å². The van der Waals surface area contributed by atoms with Gasteiger partial charge in [-0.3, -0.25) is 4.79 Å². The van der Waals surface area contributed by atoms with Gasteiger partial charge < -0.3 is 15.0 Å². The van der Waals surface area contributed by atoms with Gasteiger partial charge in [0.1, 0.15) is 5.82 Å². The number of hydrogen-bond donors (Lipinski definition) is 1. The largest absolute Gasteiger partial charge is 0.377 e. The predicted octanol–water partition coefficient (Wildman–Crippen LogP) is 1.76. The Kier molecular flexibility index (Phi) is 4.74. The zero-order valence-electron chi connectivity index (χ0n) is 11.6. The molecule has 0 saturated carbocycles. The summed E-state index contributed by atoms with van der Waals surface area (Å²) in [7, 11) is 0. The Balaban J connectivity index is 2.15. The van der Waals surface area contributed by atoms with Crippen LogP contribution in [0.1, 0.15) is 30.6 Å². The number of pyridine rings is 1. The summed E-state index contributed by atoms with van der Waals surface area (Å²) in [5, 5.41) is 3.12. The molecule has 1 fully saturated rings. The maximum absolute atomic E-state index is 12.5. The molecular formula is C14H21N3O2. The fraction of sp³-hybridized carbons (Fsp3) is 0.571. The first-order chi connectivity index (χ1) is 9.26. The highest BCUT2D eigenvalue weighted by Gasteiger charge is 2.26. The summed E-state index contributed by atoms with van der Waals surface area (Å²) < 4.78 is 5.43. The molecule has 1 atom stereocenters. The molecule has 5 heteroatoms.